The summed E-state index contributed by atoms with van der Waals surface area (Å²) in [5.74, 6) is 1.40. The second-order valence-corrected chi connectivity index (χ2v) is 4.74. The van der Waals surface area contributed by atoms with Gasteiger partial charge in [0.25, 0.3) is 0 Å². The first-order chi connectivity index (χ1) is 9.29. The number of ether oxygens (including phenoxy) is 3. The van der Waals surface area contributed by atoms with E-state index in [1.54, 1.807) is 0 Å². The maximum atomic E-state index is 11.9. The third-order valence-corrected chi connectivity index (χ3v) is 3.63. The maximum absolute atomic E-state index is 11.9. The molecule has 1 aromatic rings. The molecular weight excluding hydrogens is 246 g/mol. The van der Waals surface area contributed by atoms with Crippen LogP contribution in [0.4, 0.5) is 0 Å². The quantitative estimate of drug-likeness (QED) is 0.833. The number of rotatable bonds is 3. The molecule has 5 heteroatoms. The van der Waals surface area contributed by atoms with E-state index in [1.807, 2.05) is 25.1 Å². The molecule has 5 nitrogen and oxygen atoms in total. The summed E-state index contributed by atoms with van der Waals surface area (Å²) in [7, 11) is 0. The first-order valence-corrected chi connectivity index (χ1v) is 6.56. The maximum Gasteiger partial charge on any atom is 0.310 e. The van der Waals surface area contributed by atoms with Crippen LogP contribution in [0.3, 0.4) is 0 Å². The molecule has 3 rings (SSSR count). The van der Waals surface area contributed by atoms with Gasteiger partial charge in [-0.25, -0.2) is 0 Å². The van der Waals surface area contributed by atoms with E-state index in [0.717, 1.165) is 23.6 Å². The minimum atomic E-state index is -0.129. The van der Waals surface area contributed by atoms with Crippen LogP contribution in [0.25, 0.3) is 0 Å². The number of carbonyl (C=O) groups is 1. The number of hydrogen-bond donors (Lipinski definition) is 1. The number of nitrogens with one attached hydrogen (secondary N) is 1. The molecule has 0 aliphatic carbocycles. The standard InChI is InChI=1S/C14H17NO4/c1-2-17-14(16)11-7-15-6-10(11)9-3-4-12-13(5-9)19-8-18-12/h3-5,10-11,15H,2,6-8H2,1H3. The lowest BCUT2D eigenvalue weighted by atomic mass is 9.89. The van der Waals surface area contributed by atoms with Crippen molar-refractivity contribution in [2.45, 2.75) is 12.8 Å². The van der Waals surface area contributed by atoms with Crippen LogP contribution in [0.1, 0.15) is 18.4 Å². The summed E-state index contributed by atoms with van der Waals surface area (Å²) in [4.78, 5) is 11.9. The van der Waals surface area contributed by atoms with Crippen molar-refractivity contribution in [3.8, 4) is 11.5 Å². The van der Waals surface area contributed by atoms with Gasteiger partial charge in [-0.3, -0.25) is 4.79 Å². The normalized spacial score (nSPS) is 24.5. The molecule has 0 aromatic heterocycles. The van der Waals surface area contributed by atoms with Crippen molar-refractivity contribution in [3.63, 3.8) is 0 Å². The Bertz CT molecular complexity index is 488. The number of esters is 1. The molecule has 1 aromatic carbocycles. The average molecular weight is 263 g/mol. The second kappa shape index (κ2) is 5.09. The molecule has 19 heavy (non-hydrogen) atoms. The Kier molecular flexibility index (Phi) is 3.29. The van der Waals surface area contributed by atoms with E-state index in [4.69, 9.17) is 14.2 Å². The summed E-state index contributed by atoms with van der Waals surface area (Å²) in [5, 5.41) is 3.26. The smallest absolute Gasteiger partial charge is 0.310 e. The van der Waals surface area contributed by atoms with Crippen molar-refractivity contribution in [3.05, 3.63) is 23.8 Å². The Hall–Kier alpha value is -1.75. The highest BCUT2D eigenvalue weighted by atomic mass is 16.7. The monoisotopic (exact) mass is 263 g/mol. The number of fused-ring (bicyclic) bond motifs is 1. The van der Waals surface area contributed by atoms with E-state index in [2.05, 4.69) is 5.32 Å². The Balaban J connectivity index is 1.82. The molecule has 2 heterocycles. The van der Waals surface area contributed by atoms with Gasteiger partial charge in [-0.2, -0.15) is 0 Å². The van der Waals surface area contributed by atoms with Crippen LogP contribution in [-0.2, 0) is 9.53 Å². The number of carbonyl (C=O) groups excluding carboxylic acids is 1. The number of hydrogen-bond acceptors (Lipinski definition) is 5. The van der Waals surface area contributed by atoms with Gasteiger partial charge >= 0.3 is 5.97 Å². The molecule has 0 saturated carbocycles. The van der Waals surface area contributed by atoms with Gasteiger partial charge in [0.1, 0.15) is 0 Å². The lowest BCUT2D eigenvalue weighted by Crippen LogP contribution is -2.24. The summed E-state index contributed by atoms with van der Waals surface area (Å²) < 4.78 is 15.8. The molecule has 1 saturated heterocycles. The highest BCUT2D eigenvalue weighted by Crippen LogP contribution is 2.37. The van der Waals surface area contributed by atoms with E-state index in [0.29, 0.717) is 13.2 Å². The SMILES string of the molecule is CCOC(=O)C1CNCC1c1ccc2c(c1)OCO2. The van der Waals surface area contributed by atoms with Gasteiger partial charge < -0.3 is 19.5 Å². The molecule has 0 bridgehead atoms. The molecule has 0 amide bonds. The van der Waals surface area contributed by atoms with E-state index in [1.165, 1.54) is 0 Å². The first kappa shape index (κ1) is 12.3. The van der Waals surface area contributed by atoms with E-state index >= 15 is 0 Å². The predicted octanol–water partition coefficient (Wildman–Crippen LogP) is 1.28. The molecule has 2 unspecified atom stereocenters. The molecule has 0 spiro atoms. The zero-order valence-electron chi connectivity index (χ0n) is 10.8. The van der Waals surface area contributed by atoms with Crippen LogP contribution < -0.4 is 14.8 Å². The minimum Gasteiger partial charge on any atom is -0.466 e. The van der Waals surface area contributed by atoms with Crippen LogP contribution in [0.15, 0.2) is 18.2 Å². The summed E-state index contributed by atoms with van der Waals surface area (Å²) in [6.07, 6.45) is 0. The van der Waals surface area contributed by atoms with E-state index in [-0.39, 0.29) is 24.6 Å². The lowest BCUT2D eigenvalue weighted by Gasteiger charge is -2.17. The van der Waals surface area contributed by atoms with Crippen molar-refractivity contribution < 1.29 is 19.0 Å². The fraction of sp³-hybridized carbons (Fsp3) is 0.500. The topological polar surface area (TPSA) is 56.8 Å². The minimum absolute atomic E-state index is 0.125. The highest BCUT2D eigenvalue weighted by molar-refractivity contribution is 5.74. The van der Waals surface area contributed by atoms with Gasteiger partial charge in [0.2, 0.25) is 6.79 Å². The van der Waals surface area contributed by atoms with Gasteiger partial charge in [0, 0.05) is 19.0 Å². The van der Waals surface area contributed by atoms with Crippen LogP contribution >= 0.6 is 0 Å². The number of benzene rings is 1. The fourth-order valence-electron chi connectivity index (χ4n) is 2.67. The first-order valence-electron chi connectivity index (χ1n) is 6.56. The molecule has 102 valence electrons. The van der Waals surface area contributed by atoms with Crippen molar-refractivity contribution in [2.24, 2.45) is 5.92 Å². The zero-order valence-corrected chi connectivity index (χ0v) is 10.8. The van der Waals surface area contributed by atoms with Crippen LogP contribution in [0, 0.1) is 5.92 Å². The van der Waals surface area contributed by atoms with Gasteiger partial charge in [-0.05, 0) is 24.6 Å². The van der Waals surface area contributed by atoms with Gasteiger partial charge in [0.05, 0.1) is 12.5 Å². The summed E-state index contributed by atoms with van der Waals surface area (Å²) in [6, 6.07) is 5.86. The van der Waals surface area contributed by atoms with Crippen molar-refractivity contribution in [2.75, 3.05) is 26.5 Å². The van der Waals surface area contributed by atoms with E-state index < -0.39 is 0 Å². The zero-order chi connectivity index (χ0) is 13.2. The molecule has 2 atom stereocenters. The largest absolute Gasteiger partial charge is 0.466 e. The van der Waals surface area contributed by atoms with Crippen molar-refractivity contribution in [1.29, 1.82) is 0 Å². The third-order valence-electron chi connectivity index (χ3n) is 3.63. The molecule has 1 N–H and O–H groups in total. The predicted molar refractivity (Wildman–Crippen MR) is 68.3 cm³/mol. The van der Waals surface area contributed by atoms with Gasteiger partial charge in [0.15, 0.2) is 11.5 Å². The van der Waals surface area contributed by atoms with E-state index in [9.17, 15) is 4.79 Å². The summed E-state index contributed by atoms with van der Waals surface area (Å²) in [6.45, 7) is 3.96. The molecule has 2 aliphatic heterocycles. The molecule has 0 radical (unpaired) electrons. The highest BCUT2D eigenvalue weighted by Gasteiger charge is 2.35. The Morgan fingerprint density at radius 1 is 1.37 bits per heavy atom. The lowest BCUT2D eigenvalue weighted by molar-refractivity contribution is -0.147. The van der Waals surface area contributed by atoms with Crippen LogP contribution in [0.2, 0.25) is 0 Å². The summed E-state index contributed by atoms with van der Waals surface area (Å²) >= 11 is 0. The Morgan fingerprint density at radius 2 is 2.21 bits per heavy atom. The molecule has 2 aliphatic rings. The molecular formula is C14H17NO4. The average Bonchev–Trinajstić information content (AvgIpc) is 3.07. The Labute approximate surface area is 111 Å². The van der Waals surface area contributed by atoms with Gasteiger partial charge in [-0.1, -0.05) is 6.07 Å². The van der Waals surface area contributed by atoms with Crippen molar-refractivity contribution in [1.82, 2.24) is 5.32 Å². The van der Waals surface area contributed by atoms with Gasteiger partial charge in [-0.15, -0.1) is 0 Å². The molecule has 1 fully saturated rings. The fourth-order valence-corrected chi connectivity index (χ4v) is 2.67. The second-order valence-electron chi connectivity index (χ2n) is 4.74. The third kappa shape index (κ3) is 2.26. The van der Waals surface area contributed by atoms with Crippen LogP contribution in [-0.4, -0.2) is 32.5 Å². The van der Waals surface area contributed by atoms with Crippen LogP contribution in [0.5, 0.6) is 11.5 Å². The summed E-state index contributed by atoms with van der Waals surface area (Å²) in [5.41, 5.74) is 1.09. The van der Waals surface area contributed by atoms with Crippen molar-refractivity contribution >= 4 is 5.97 Å². The Morgan fingerprint density at radius 3 is 3.05 bits per heavy atom.